The number of ether oxygens (including phenoxy) is 2. The summed E-state index contributed by atoms with van der Waals surface area (Å²) in [4.78, 5) is 0. The SMILES string of the molecule is CCOc1cccc(CNCCc2ccc(Cl)cc2Cl)c1OCc1ccccc1. The van der Waals surface area contributed by atoms with E-state index < -0.39 is 0 Å². The molecule has 0 amide bonds. The van der Waals surface area contributed by atoms with E-state index in [4.69, 9.17) is 32.7 Å². The molecule has 0 aliphatic heterocycles. The van der Waals surface area contributed by atoms with Gasteiger partial charge in [-0.05, 0) is 49.2 Å². The van der Waals surface area contributed by atoms with Crippen LogP contribution in [0.3, 0.4) is 0 Å². The number of benzene rings is 3. The largest absolute Gasteiger partial charge is 0.490 e. The minimum Gasteiger partial charge on any atom is -0.490 e. The van der Waals surface area contributed by atoms with Crippen molar-refractivity contribution >= 4 is 23.2 Å². The highest BCUT2D eigenvalue weighted by molar-refractivity contribution is 6.35. The lowest BCUT2D eigenvalue weighted by atomic mass is 10.1. The lowest BCUT2D eigenvalue weighted by Crippen LogP contribution is -2.17. The molecule has 0 saturated heterocycles. The Morgan fingerprint density at radius 2 is 1.69 bits per heavy atom. The van der Waals surface area contributed by atoms with E-state index in [-0.39, 0.29) is 0 Å². The first kappa shape index (κ1) is 21.5. The van der Waals surface area contributed by atoms with Crippen LogP contribution in [0.25, 0.3) is 0 Å². The summed E-state index contributed by atoms with van der Waals surface area (Å²) in [7, 11) is 0. The molecule has 3 aromatic rings. The summed E-state index contributed by atoms with van der Waals surface area (Å²) in [6, 6.07) is 21.7. The first-order chi connectivity index (χ1) is 14.2. The molecule has 0 saturated carbocycles. The summed E-state index contributed by atoms with van der Waals surface area (Å²) in [5.41, 5.74) is 3.26. The third kappa shape index (κ3) is 6.40. The van der Waals surface area contributed by atoms with Crippen LogP contribution in [0.15, 0.2) is 66.7 Å². The monoisotopic (exact) mass is 429 g/mol. The molecule has 0 fully saturated rings. The van der Waals surface area contributed by atoms with Crippen LogP contribution in [0.4, 0.5) is 0 Å². The third-order valence-electron chi connectivity index (χ3n) is 4.49. The minimum absolute atomic E-state index is 0.498. The van der Waals surface area contributed by atoms with Crippen molar-refractivity contribution < 1.29 is 9.47 Å². The summed E-state index contributed by atoms with van der Waals surface area (Å²) >= 11 is 12.2. The van der Waals surface area contributed by atoms with E-state index in [1.165, 1.54) is 0 Å². The van der Waals surface area contributed by atoms with Gasteiger partial charge in [-0.3, -0.25) is 0 Å². The average Bonchev–Trinajstić information content (AvgIpc) is 2.73. The number of para-hydroxylation sites is 1. The Morgan fingerprint density at radius 3 is 2.45 bits per heavy atom. The van der Waals surface area contributed by atoms with Gasteiger partial charge in [-0.15, -0.1) is 0 Å². The number of halogens is 2. The molecule has 0 aliphatic rings. The molecule has 0 heterocycles. The zero-order valence-corrected chi connectivity index (χ0v) is 18.0. The van der Waals surface area contributed by atoms with Gasteiger partial charge in [-0.25, -0.2) is 0 Å². The minimum atomic E-state index is 0.498. The highest BCUT2D eigenvalue weighted by Crippen LogP contribution is 2.32. The van der Waals surface area contributed by atoms with Crippen molar-refractivity contribution in [3.8, 4) is 11.5 Å². The Bertz CT molecular complexity index is 916. The molecule has 0 spiro atoms. The Hall–Kier alpha value is -2.20. The lowest BCUT2D eigenvalue weighted by Gasteiger charge is -2.16. The molecule has 3 rings (SSSR count). The van der Waals surface area contributed by atoms with Crippen LogP contribution in [0.2, 0.25) is 10.0 Å². The van der Waals surface area contributed by atoms with Gasteiger partial charge in [-0.2, -0.15) is 0 Å². The fourth-order valence-corrected chi connectivity index (χ4v) is 3.54. The zero-order valence-electron chi connectivity index (χ0n) is 16.5. The third-order valence-corrected chi connectivity index (χ3v) is 5.07. The molecule has 0 atom stereocenters. The normalized spacial score (nSPS) is 10.7. The van der Waals surface area contributed by atoms with Gasteiger partial charge in [0, 0.05) is 22.2 Å². The van der Waals surface area contributed by atoms with Crippen molar-refractivity contribution in [1.82, 2.24) is 5.32 Å². The summed E-state index contributed by atoms with van der Waals surface area (Å²) in [5.74, 6) is 1.55. The smallest absolute Gasteiger partial charge is 0.166 e. The van der Waals surface area contributed by atoms with Crippen LogP contribution in [0.1, 0.15) is 23.6 Å². The summed E-state index contributed by atoms with van der Waals surface area (Å²) in [6.45, 7) is 4.53. The Kier molecular flexibility index (Phi) is 8.24. The molecule has 152 valence electrons. The van der Waals surface area contributed by atoms with Gasteiger partial charge in [0.25, 0.3) is 0 Å². The van der Waals surface area contributed by atoms with Gasteiger partial charge < -0.3 is 14.8 Å². The topological polar surface area (TPSA) is 30.5 Å². The Morgan fingerprint density at radius 1 is 0.862 bits per heavy atom. The Balaban J connectivity index is 1.63. The van der Waals surface area contributed by atoms with Gasteiger partial charge >= 0.3 is 0 Å². The average molecular weight is 430 g/mol. The first-order valence-electron chi connectivity index (χ1n) is 9.73. The highest BCUT2D eigenvalue weighted by atomic mass is 35.5. The molecule has 3 aromatic carbocycles. The standard InChI is InChI=1S/C24H25Cl2NO2/c1-2-28-23-10-6-9-20(24(23)29-17-18-7-4-3-5-8-18)16-27-14-13-19-11-12-21(25)15-22(19)26/h3-12,15,27H,2,13-14,16-17H2,1H3. The molecule has 0 unspecified atom stereocenters. The summed E-state index contributed by atoms with van der Waals surface area (Å²) in [6.07, 6.45) is 0.821. The molecule has 1 N–H and O–H groups in total. The van der Waals surface area contributed by atoms with Crippen molar-refractivity contribution in [3.63, 3.8) is 0 Å². The Labute approximate surface area is 182 Å². The summed E-state index contributed by atoms with van der Waals surface area (Å²) in [5, 5.41) is 4.82. The number of nitrogens with one attached hydrogen (secondary N) is 1. The number of rotatable bonds is 10. The highest BCUT2D eigenvalue weighted by Gasteiger charge is 2.11. The van der Waals surface area contributed by atoms with E-state index in [9.17, 15) is 0 Å². The molecule has 0 aromatic heterocycles. The van der Waals surface area contributed by atoms with Gasteiger partial charge in [0.1, 0.15) is 6.61 Å². The molecule has 5 heteroatoms. The second kappa shape index (κ2) is 11.1. The van der Waals surface area contributed by atoms with Gasteiger partial charge in [0.2, 0.25) is 0 Å². The quantitative estimate of drug-likeness (QED) is 0.383. The fourth-order valence-electron chi connectivity index (χ4n) is 3.03. The molecule has 0 bridgehead atoms. The van der Waals surface area contributed by atoms with E-state index in [2.05, 4.69) is 23.5 Å². The van der Waals surface area contributed by atoms with E-state index >= 15 is 0 Å². The molecule has 0 radical (unpaired) electrons. The van der Waals surface area contributed by atoms with E-state index in [1.54, 1.807) is 6.07 Å². The molecule has 29 heavy (non-hydrogen) atoms. The first-order valence-corrected chi connectivity index (χ1v) is 10.5. The van der Waals surface area contributed by atoms with E-state index in [1.807, 2.05) is 49.4 Å². The maximum absolute atomic E-state index is 6.26. The van der Waals surface area contributed by atoms with Gasteiger partial charge in [0.05, 0.1) is 6.61 Å². The second-order valence-electron chi connectivity index (χ2n) is 6.61. The van der Waals surface area contributed by atoms with Crippen molar-refractivity contribution in [2.75, 3.05) is 13.2 Å². The molecule has 3 nitrogen and oxygen atoms in total. The number of hydrogen-bond acceptors (Lipinski definition) is 3. The molecular formula is C24H25Cl2NO2. The van der Waals surface area contributed by atoms with Crippen molar-refractivity contribution in [2.24, 2.45) is 0 Å². The predicted molar refractivity (Wildman–Crippen MR) is 120 cm³/mol. The van der Waals surface area contributed by atoms with Crippen LogP contribution in [0, 0.1) is 0 Å². The molecular weight excluding hydrogens is 405 g/mol. The zero-order chi connectivity index (χ0) is 20.5. The van der Waals surface area contributed by atoms with Crippen LogP contribution in [-0.2, 0) is 19.6 Å². The van der Waals surface area contributed by atoms with Crippen LogP contribution in [-0.4, -0.2) is 13.2 Å². The fraction of sp³-hybridized carbons (Fsp3) is 0.250. The van der Waals surface area contributed by atoms with Crippen molar-refractivity contribution in [3.05, 3.63) is 93.5 Å². The maximum Gasteiger partial charge on any atom is 0.166 e. The van der Waals surface area contributed by atoms with E-state index in [0.717, 1.165) is 41.2 Å². The summed E-state index contributed by atoms with van der Waals surface area (Å²) < 4.78 is 11.9. The predicted octanol–water partition coefficient (Wildman–Crippen LogP) is 6.30. The van der Waals surface area contributed by atoms with Crippen LogP contribution >= 0.6 is 23.2 Å². The maximum atomic E-state index is 6.26. The molecule has 0 aliphatic carbocycles. The second-order valence-corrected chi connectivity index (χ2v) is 7.46. The van der Waals surface area contributed by atoms with E-state index in [0.29, 0.717) is 29.8 Å². The van der Waals surface area contributed by atoms with Crippen molar-refractivity contribution in [2.45, 2.75) is 26.5 Å². The van der Waals surface area contributed by atoms with Crippen LogP contribution < -0.4 is 14.8 Å². The number of hydrogen-bond donors (Lipinski definition) is 1. The van der Waals surface area contributed by atoms with Gasteiger partial charge in [-0.1, -0.05) is 71.7 Å². The van der Waals surface area contributed by atoms with Gasteiger partial charge in [0.15, 0.2) is 11.5 Å². The van der Waals surface area contributed by atoms with Crippen molar-refractivity contribution in [1.29, 1.82) is 0 Å². The van der Waals surface area contributed by atoms with Crippen LogP contribution in [0.5, 0.6) is 11.5 Å². The lowest BCUT2D eigenvalue weighted by molar-refractivity contribution is 0.266.